The van der Waals surface area contributed by atoms with Crippen molar-refractivity contribution < 1.29 is 9.53 Å². The number of nitrogens with one attached hydrogen (secondary N) is 1. The zero-order valence-electron chi connectivity index (χ0n) is 14.4. The molecule has 1 aliphatic rings. The van der Waals surface area contributed by atoms with Gasteiger partial charge < -0.3 is 4.74 Å². The summed E-state index contributed by atoms with van der Waals surface area (Å²) in [4.78, 5) is 14.0. The smallest absolute Gasteiger partial charge is 0.358 e. The molecule has 9 nitrogen and oxygen atoms in total. The Kier molecular flexibility index (Phi) is 4.44. The van der Waals surface area contributed by atoms with Crippen LogP contribution in [0.25, 0.3) is 11.4 Å². The van der Waals surface area contributed by atoms with Crippen LogP contribution in [-0.2, 0) is 24.4 Å². The SMILES string of the molecule is COC(=O)c1cc2n(n1)CCCN(Cc1ccc(-c3nn[nH]n3)cc1)C2. The van der Waals surface area contributed by atoms with Crippen molar-refractivity contribution in [2.75, 3.05) is 13.7 Å². The quantitative estimate of drug-likeness (QED) is 0.704. The third-order valence-corrected chi connectivity index (χ3v) is 4.45. The lowest BCUT2D eigenvalue weighted by molar-refractivity contribution is 0.0593. The van der Waals surface area contributed by atoms with E-state index in [0.29, 0.717) is 11.5 Å². The van der Waals surface area contributed by atoms with Crippen LogP contribution in [0.15, 0.2) is 30.3 Å². The molecular formula is C17H19N7O2. The van der Waals surface area contributed by atoms with Gasteiger partial charge in [-0.1, -0.05) is 24.3 Å². The Morgan fingerprint density at radius 3 is 2.85 bits per heavy atom. The maximum atomic E-state index is 11.7. The zero-order chi connectivity index (χ0) is 17.9. The number of aromatic nitrogens is 6. The number of tetrazole rings is 1. The highest BCUT2D eigenvalue weighted by atomic mass is 16.5. The van der Waals surface area contributed by atoms with Crippen LogP contribution in [0.3, 0.4) is 0 Å². The average molecular weight is 353 g/mol. The Balaban J connectivity index is 1.46. The number of H-pyrrole nitrogens is 1. The summed E-state index contributed by atoms with van der Waals surface area (Å²) in [7, 11) is 1.37. The van der Waals surface area contributed by atoms with Crippen LogP contribution in [0.5, 0.6) is 0 Å². The van der Waals surface area contributed by atoms with Gasteiger partial charge in [0.2, 0.25) is 5.82 Å². The summed E-state index contributed by atoms with van der Waals surface area (Å²) >= 11 is 0. The van der Waals surface area contributed by atoms with Crippen LogP contribution in [0.2, 0.25) is 0 Å². The Hall–Kier alpha value is -3.07. The molecule has 1 aromatic carbocycles. The molecule has 0 bridgehead atoms. The van der Waals surface area contributed by atoms with Crippen molar-refractivity contribution in [3.8, 4) is 11.4 Å². The topological polar surface area (TPSA) is 102 Å². The molecule has 0 radical (unpaired) electrons. The average Bonchev–Trinajstić information content (AvgIpc) is 3.29. The van der Waals surface area contributed by atoms with E-state index in [0.717, 1.165) is 43.9 Å². The first-order valence-electron chi connectivity index (χ1n) is 8.43. The van der Waals surface area contributed by atoms with E-state index in [1.807, 2.05) is 22.9 Å². The van der Waals surface area contributed by atoms with Gasteiger partial charge in [0, 0.05) is 31.7 Å². The van der Waals surface area contributed by atoms with Gasteiger partial charge in [0.25, 0.3) is 0 Å². The number of aromatic amines is 1. The highest BCUT2D eigenvalue weighted by Crippen LogP contribution is 2.19. The van der Waals surface area contributed by atoms with Crippen molar-refractivity contribution in [1.82, 2.24) is 35.3 Å². The molecule has 134 valence electrons. The Morgan fingerprint density at radius 1 is 1.27 bits per heavy atom. The summed E-state index contributed by atoms with van der Waals surface area (Å²) in [6.45, 7) is 3.35. The molecule has 0 atom stereocenters. The van der Waals surface area contributed by atoms with Crippen molar-refractivity contribution >= 4 is 5.97 Å². The van der Waals surface area contributed by atoms with Gasteiger partial charge in [-0.25, -0.2) is 4.79 Å². The lowest BCUT2D eigenvalue weighted by Gasteiger charge is -2.19. The second-order valence-electron chi connectivity index (χ2n) is 6.23. The van der Waals surface area contributed by atoms with Crippen LogP contribution < -0.4 is 0 Å². The maximum absolute atomic E-state index is 11.7. The second-order valence-corrected chi connectivity index (χ2v) is 6.23. The fourth-order valence-electron chi connectivity index (χ4n) is 3.17. The molecule has 26 heavy (non-hydrogen) atoms. The Labute approximate surface area is 150 Å². The highest BCUT2D eigenvalue weighted by Gasteiger charge is 2.20. The Bertz CT molecular complexity index is 886. The number of benzene rings is 1. The molecule has 0 saturated heterocycles. The monoisotopic (exact) mass is 353 g/mol. The van der Waals surface area contributed by atoms with Crippen LogP contribution >= 0.6 is 0 Å². The number of carbonyl (C=O) groups excluding carboxylic acids is 1. The molecule has 0 fully saturated rings. The summed E-state index contributed by atoms with van der Waals surface area (Å²) in [6.07, 6.45) is 0.982. The van der Waals surface area contributed by atoms with E-state index >= 15 is 0 Å². The van der Waals surface area contributed by atoms with Crippen molar-refractivity contribution in [3.05, 3.63) is 47.3 Å². The normalized spacial score (nSPS) is 14.7. The molecule has 0 spiro atoms. The fourth-order valence-corrected chi connectivity index (χ4v) is 3.17. The van der Waals surface area contributed by atoms with E-state index in [1.54, 1.807) is 0 Å². The minimum atomic E-state index is -0.394. The van der Waals surface area contributed by atoms with Gasteiger partial charge in [-0.3, -0.25) is 9.58 Å². The molecule has 1 N–H and O–H groups in total. The maximum Gasteiger partial charge on any atom is 0.358 e. The molecule has 9 heteroatoms. The third-order valence-electron chi connectivity index (χ3n) is 4.45. The van der Waals surface area contributed by atoms with Gasteiger partial charge >= 0.3 is 5.97 Å². The molecule has 0 unspecified atom stereocenters. The number of methoxy groups -OCH3 is 1. The van der Waals surface area contributed by atoms with E-state index in [2.05, 4.69) is 42.8 Å². The van der Waals surface area contributed by atoms with Crippen molar-refractivity contribution in [2.24, 2.45) is 0 Å². The summed E-state index contributed by atoms with van der Waals surface area (Å²) < 4.78 is 6.67. The van der Waals surface area contributed by atoms with Gasteiger partial charge in [-0.05, 0) is 23.3 Å². The molecule has 1 aliphatic heterocycles. The summed E-state index contributed by atoms with van der Waals surface area (Å²) in [6, 6.07) is 9.97. The minimum Gasteiger partial charge on any atom is -0.464 e. The summed E-state index contributed by atoms with van der Waals surface area (Å²) in [5, 5.41) is 18.4. The molecular weight excluding hydrogens is 334 g/mol. The first kappa shape index (κ1) is 16.4. The summed E-state index contributed by atoms with van der Waals surface area (Å²) in [5.41, 5.74) is 3.54. The van der Waals surface area contributed by atoms with Crippen LogP contribution in [0, 0.1) is 0 Å². The lowest BCUT2D eigenvalue weighted by Crippen LogP contribution is -2.22. The number of hydrogen-bond acceptors (Lipinski definition) is 7. The van der Waals surface area contributed by atoms with E-state index in [-0.39, 0.29) is 0 Å². The van der Waals surface area contributed by atoms with Gasteiger partial charge in [-0.15, -0.1) is 10.2 Å². The van der Waals surface area contributed by atoms with Crippen LogP contribution in [-0.4, -0.2) is 54.9 Å². The zero-order valence-corrected chi connectivity index (χ0v) is 14.4. The number of fused-ring (bicyclic) bond motifs is 1. The fraction of sp³-hybridized carbons (Fsp3) is 0.353. The van der Waals surface area contributed by atoms with E-state index in [4.69, 9.17) is 4.74 Å². The third kappa shape index (κ3) is 3.33. The Morgan fingerprint density at radius 2 is 2.12 bits per heavy atom. The van der Waals surface area contributed by atoms with E-state index < -0.39 is 5.97 Å². The number of nitrogens with zero attached hydrogens (tertiary/aromatic N) is 6. The van der Waals surface area contributed by atoms with Crippen molar-refractivity contribution in [1.29, 1.82) is 0 Å². The van der Waals surface area contributed by atoms with Crippen molar-refractivity contribution in [2.45, 2.75) is 26.1 Å². The molecule has 4 rings (SSSR count). The lowest BCUT2D eigenvalue weighted by atomic mass is 10.1. The molecule has 0 aliphatic carbocycles. The van der Waals surface area contributed by atoms with Crippen LogP contribution in [0.4, 0.5) is 0 Å². The van der Waals surface area contributed by atoms with Gasteiger partial charge in [0.1, 0.15) is 0 Å². The molecule has 0 saturated carbocycles. The standard InChI is InChI=1S/C17H19N7O2/c1-26-17(25)15-9-14-11-23(7-2-8-24(14)20-15)10-12-3-5-13(6-4-12)16-18-21-22-19-16/h3-6,9H,2,7-8,10-11H2,1H3,(H,18,19,21,22). The molecule has 3 aromatic rings. The van der Waals surface area contributed by atoms with Gasteiger partial charge in [0.15, 0.2) is 5.69 Å². The predicted molar refractivity (Wildman–Crippen MR) is 91.9 cm³/mol. The minimum absolute atomic E-state index is 0.369. The highest BCUT2D eigenvalue weighted by molar-refractivity contribution is 5.87. The number of rotatable bonds is 4. The first-order chi connectivity index (χ1) is 12.7. The van der Waals surface area contributed by atoms with Gasteiger partial charge in [-0.2, -0.15) is 10.3 Å². The molecule has 3 heterocycles. The summed E-state index contributed by atoms with van der Waals surface area (Å²) in [5.74, 6) is 0.194. The van der Waals surface area contributed by atoms with E-state index in [1.165, 1.54) is 12.7 Å². The largest absolute Gasteiger partial charge is 0.464 e. The number of ether oxygens (including phenoxy) is 1. The number of aryl methyl sites for hydroxylation is 1. The van der Waals surface area contributed by atoms with Crippen molar-refractivity contribution in [3.63, 3.8) is 0 Å². The molecule has 2 aromatic heterocycles. The number of carbonyl (C=O) groups is 1. The van der Waals surface area contributed by atoms with Gasteiger partial charge in [0.05, 0.1) is 12.8 Å². The first-order valence-corrected chi connectivity index (χ1v) is 8.43. The molecule has 0 amide bonds. The van der Waals surface area contributed by atoms with Crippen LogP contribution in [0.1, 0.15) is 28.2 Å². The number of esters is 1. The van der Waals surface area contributed by atoms with E-state index in [9.17, 15) is 4.79 Å². The predicted octanol–water partition coefficient (Wildman–Crippen LogP) is 1.26. The second kappa shape index (κ2) is 7.04. The number of hydrogen-bond donors (Lipinski definition) is 1.